The Morgan fingerprint density at radius 3 is 2.25 bits per heavy atom. The number of rotatable bonds is 7. The molecule has 1 aliphatic heterocycles. The number of carbonyl (C=O) groups excluding carboxylic acids is 3. The average molecular weight is 451 g/mol. The van der Waals surface area contributed by atoms with Crippen LogP contribution in [-0.4, -0.2) is 29.3 Å². The number of nitrogens with one attached hydrogen (secondary N) is 2. The van der Waals surface area contributed by atoms with Crippen LogP contribution in [0.15, 0.2) is 48.5 Å². The van der Waals surface area contributed by atoms with E-state index in [1.54, 1.807) is 0 Å². The average Bonchev–Trinajstić information content (AvgIpc) is 2.97. The largest absolute Gasteiger partial charge is 0.416 e. The molecule has 1 unspecified atom stereocenters. The Morgan fingerprint density at radius 1 is 1.06 bits per heavy atom. The van der Waals surface area contributed by atoms with Crippen molar-refractivity contribution in [3.8, 4) is 0 Å². The highest BCUT2D eigenvalue weighted by atomic mass is 19.4. The highest BCUT2D eigenvalue weighted by Gasteiger charge is 2.52. The molecule has 1 atom stereocenters. The van der Waals surface area contributed by atoms with E-state index in [0.29, 0.717) is 12.0 Å². The number of anilines is 1. The molecule has 0 bridgehead atoms. The molecule has 0 saturated carbocycles. The zero-order chi connectivity index (χ0) is 23.5. The predicted octanol–water partition coefficient (Wildman–Crippen LogP) is 4.42. The van der Waals surface area contributed by atoms with Gasteiger partial charge in [-0.25, -0.2) is 9.18 Å². The number of benzene rings is 2. The van der Waals surface area contributed by atoms with Crippen LogP contribution in [0.2, 0.25) is 0 Å². The summed E-state index contributed by atoms with van der Waals surface area (Å²) in [5.74, 6) is -1.90. The number of unbranched alkanes of at least 4 members (excludes halogenated alkanes) is 1. The predicted molar refractivity (Wildman–Crippen MR) is 108 cm³/mol. The summed E-state index contributed by atoms with van der Waals surface area (Å²) >= 11 is 0. The SMILES string of the molecule is CCCCC1(c2ccc(F)cc2)NC(=O)N(CC(=O)Nc2ccc(C(F)(F)F)cc2)C1=O. The van der Waals surface area contributed by atoms with Crippen LogP contribution in [0, 0.1) is 5.82 Å². The fraction of sp³-hybridized carbons (Fsp3) is 0.318. The highest BCUT2D eigenvalue weighted by Crippen LogP contribution is 2.34. The van der Waals surface area contributed by atoms with Gasteiger partial charge in [-0.2, -0.15) is 13.2 Å². The second-order valence-corrected chi connectivity index (χ2v) is 7.46. The van der Waals surface area contributed by atoms with E-state index >= 15 is 0 Å². The van der Waals surface area contributed by atoms with Crippen LogP contribution in [0.5, 0.6) is 0 Å². The highest BCUT2D eigenvalue weighted by molar-refractivity contribution is 6.10. The zero-order valence-corrected chi connectivity index (χ0v) is 17.1. The minimum Gasteiger partial charge on any atom is -0.325 e. The molecule has 1 heterocycles. The molecule has 4 amide bonds. The molecule has 170 valence electrons. The second kappa shape index (κ2) is 8.97. The quantitative estimate of drug-likeness (QED) is 0.483. The van der Waals surface area contributed by atoms with Crippen molar-refractivity contribution in [3.63, 3.8) is 0 Å². The molecule has 3 rings (SSSR count). The van der Waals surface area contributed by atoms with Crippen molar-refractivity contribution >= 4 is 23.5 Å². The van der Waals surface area contributed by atoms with Crippen molar-refractivity contribution in [1.29, 1.82) is 0 Å². The van der Waals surface area contributed by atoms with Gasteiger partial charge < -0.3 is 10.6 Å². The number of imide groups is 1. The molecule has 2 aromatic carbocycles. The van der Waals surface area contributed by atoms with Gasteiger partial charge in [0.05, 0.1) is 5.56 Å². The smallest absolute Gasteiger partial charge is 0.325 e. The summed E-state index contributed by atoms with van der Waals surface area (Å²) < 4.78 is 51.4. The van der Waals surface area contributed by atoms with Crippen molar-refractivity contribution in [3.05, 3.63) is 65.5 Å². The fourth-order valence-corrected chi connectivity index (χ4v) is 3.54. The standard InChI is InChI=1S/C22H21F4N3O3/c1-2-3-12-21(14-4-8-16(23)9-5-14)19(31)29(20(32)28-21)13-18(30)27-17-10-6-15(7-11-17)22(24,25)26/h4-11H,2-3,12-13H2,1H3,(H,27,30)(H,28,32). The van der Waals surface area contributed by atoms with Crippen LogP contribution in [0.4, 0.5) is 28.0 Å². The molecule has 2 aromatic rings. The fourth-order valence-electron chi connectivity index (χ4n) is 3.54. The number of hydrogen-bond donors (Lipinski definition) is 2. The van der Waals surface area contributed by atoms with E-state index in [2.05, 4.69) is 10.6 Å². The first-order valence-electron chi connectivity index (χ1n) is 9.94. The third-order valence-corrected chi connectivity index (χ3v) is 5.22. The first-order valence-corrected chi connectivity index (χ1v) is 9.94. The topological polar surface area (TPSA) is 78.5 Å². The van der Waals surface area contributed by atoms with Crippen LogP contribution in [0.3, 0.4) is 0 Å². The van der Waals surface area contributed by atoms with Crippen LogP contribution < -0.4 is 10.6 Å². The van der Waals surface area contributed by atoms with Gasteiger partial charge in [-0.05, 0) is 48.4 Å². The molecule has 6 nitrogen and oxygen atoms in total. The van der Waals surface area contributed by atoms with Crippen molar-refractivity contribution in [2.24, 2.45) is 0 Å². The second-order valence-electron chi connectivity index (χ2n) is 7.46. The number of alkyl halides is 3. The molecule has 0 aromatic heterocycles. The Balaban J connectivity index is 1.76. The number of halogens is 4. The lowest BCUT2D eigenvalue weighted by atomic mass is 9.85. The lowest BCUT2D eigenvalue weighted by Crippen LogP contribution is -2.44. The van der Waals surface area contributed by atoms with Crippen molar-refractivity contribution in [2.75, 3.05) is 11.9 Å². The van der Waals surface area contributed by atoms with Gasteiger partial charge in [-0.15, -0.1) is 0 Å². The molecule has 2 N–H and O–H groups in total. The summed E-state index contributed by atoms with van der Waals surface area (Å²) in [5, 5.41) is 5.02. The van der Waals surface area contributed by atoms with E-state index in [1.165, 1.54) is 24.3 Å². The minimum absolute atomic E-state index is 0.0887. The molecular weight excluding hydrogens is 430 g/mol. The molecule has 0 radical (unpaired) electrons. The molecule has 10 heteroatoms. The maximum atomic E-state index is 13.4. The van der Waals surface area contributed by atoms with Crippen LogP contribution >= 0.6 is 0 Å². The first-order chi connectivity index (χ1) is 15.1. The summed E-state index contributed by atoms with van der Waals surface area (Å²) in [6, 6.07) is 8.20. The summed E-state index contributed by atoms with van der Waals surface area (Å²) in [7, 11) is 0. The van der Waals surface area contributed by atoms with Crippen LogP contribution in [0.25, 0.3) is 0 Å². The van der Waals surface area contributed by atoms with Gasteiger partial charge in [0.1, 0.15) is 17.9 Å². The molecule has 32 heavy (non-hydrogen) atoms. The van der Waals surface area contributed by atoms with E-state index < -0.39 is 47.5 Å². The lowest BCUT2D eigenvalue weighted by Gasteiger charge is -2.27. The molecule has 0 spiro atoms. The van der Waals surface area contributed by atoms with Gasteiger partial charge in [0.25, 0.3) is 5.91 Å². The number of nitrogens with zero attached hydrogens (tertiary/aromatic N) is 1. The summed E-state index contributed by atoms with van der Waals surface area (Å²) in [6.07, 6.45) is -2.92. The van der Waals surface area contributed by atoms with E-state index in [9.17, 15) is 31.9 Å². The van der Waals surface area contributed by atoms with Gasteiger partial charge in [0, 0.05) is 5.69 Å². The van der Waals surface area contributed by atoms with Crippen molar-refractivity contribution < 1.29 is 31.9 Å². The third-order valence-electron chi connectivity index (χ3n) is 5.22. The van der Waals surface area contributed by atoms with E-state index in [-0.39, 0.29) is 12.1 Å². The number of amides is 4. The number of urea groups is 1. The Bertz CT molecular complexity index is 1010. The zero-order valence-electron chi connectivity index (χ0n) is 17.1. The normalized spacial score (nSPS) is 18.6. The van der Waals surface area contributed by atoms with Gasteiger partial charge in [-0.3, -0.25) is 14.5 Å². The van der Waals surface area contributed by atoms with Crippen LogP contribution in [0.1, 0.15) is 37.3 Å². The molecule has 1 saturated heterocycles. The number of carbonyl (C=O) groups is 3. The van der Waals surface area contributed by atoms with Gasteiger partial charge >= 0.3 is 12.2 Å². The van der Waals surface area contributed by atoms with Crippen LogP contribution in [-0.2, 0) is 21.3 Å². The van der Waals surface area contributed by atoms with Crippen molar-refractivity contribution in [1.82, 2.24) is 10.2 Å². The maximum Gasteiger partial charge on any atom is 0.416 e. The van der Waals surface area contributed by atoms with Crippen molar-refractivity contribution in [2.45, 2.75) is 37.9 Å². The summed E-state index contributed by atoms with van der Waals surface area (Å²) in [5.41, 5.74) is -1.80. The monoisotopic (exact) mass is 451 g/mol. The van der Waals surface area contributed by atoms with Gasteiger partial charge in [-0.1, -0.05) is 31.9 Å². The lowest BCUT2D eigenvalue weighted by molar-refractivity contribution is -0.137. The summed E-state index contributed by atoms with van der Waals surface area (Å²) in [6.45, 7) is 1.29. The van der Waals surface area contributed by atoms with Gasteiger partial charge in [0.2, 0.25) is 5.91 Å². The van der Waals surface area contributed by atoms with E-state index in [4.69, 9.17) is 0 Å². The molecule has 0 aliphatic carbocycles. The number of hydrogen-bond acceptors (Lipinski definition) is 3. The van der Waals surface area contributed by atoms with Gasteiger partial charge in [0.15, 0.2) is 0 Å². The molecular formula is C22H21F4N3O3. The maximum absolute atomic E-state index is 13.4. The minimum atomic E-state index is -4.51. The Labute approximate surface area is 181 Å². The first kappa shape index (κ1) is 23.2. The Kier molecular flexibility index (Phi) is 6.52. The Morgan fingerprint density at radius 2 is 1.69 bits per heavy atom. The summed E-state index contributed by atoms with van der Waals surface area (Å²) in [4.78, 5) is 38.9. The van der Waals surface area contributed by atoms with E-state index in [0.717, 1.165) is 35.6 Å². The Hall–Kier alpha value is -3.43. The third kappa shape index (κ3) is 4.74. The molecule has 1 aliphatic rings. The molecule has 1 fully saturated rings. The van der Waals surface area contributed by atoms with E-state index in [1.807, 2.05) is 6.92 Å².